The fraction of sp³-hybridized carbons (Fsp3) is 0.692. The van der Waals surface area contributed by atoms with Crippen molar-refractivity contribution in [3.63, 3.8) is 0 Å². The summed E-state index contributed by atoms with van der Waals surface area (Å²) in [6.45, 7) is 3.56. The van der Waals surface area contributed by atoms with Crippen LogP contribution in [0.2, 0.25) is 0 Å². The molecule has 0 saturated carbocycles. The van der Waals surface area contributed by atoms with E-state index in [1.54, 1.807) is 0 Å². The fourth-order valence-electron chi connectivity index (χ4n) is 1.66. The first-order chi connectivity index (χ1) is 10.5. The molecular weight excluding hydrogens is 344 g/mol. The lowest BCUT2D eigenvalue weighted by molar-refractivity contribution is -0.380. The van der Waals surface area contributed by atoms with Crippen LogP contribution in [0.4, 0.5) is 14.9 Å². The van der Waals surface area contributed by atoms with Crippen LogP contribution in [0.3, 0.4) is 0 Å². The number of thiazole rings is 1. The molecule has 0 aliphatic heterocycles. The summed E-state index contributed by atoms with van der Waals surface area (Å²) in [5.41, 5.74) is 0. The van der Waals surface area contributed by atoms with Crippen LogP contribution >= 0.6 is 23.7 Å². The van der Waals surface area contributed by atoms with Gasteiger partial charge in [0.2, 0.25) is 5.13 Å². The molecule has 0 unspecified atom stereocenters. The van der Waals surface area contributed by atoms with Crippen LogP contribution < -0.4 is 4.90 Å². The first-order valence-electron chi connectivity index (χ1n) is 7.15. The minimum atomic E-state index is -0.512. The van der Waals surface area contributed by atoms with Crippen LogP contribution in [0.15, 0.2) is 6.20 Å². The smallest absolute Gasteiger partial charge is 0.416 e. The van der Waals surface area contributed by atoms with Crippen molar-refractivity contribution in [3.8, 4) is 0 Å². The predicted molar refractivity (Wildman–Crippen MR) is 92.8 cm³/mol. The quantitative estimate of drug-likeness (QED) is 0.379. The molecule has 0 aromatic carbocycles. The van der Waals surface area contributed by atoms with E-state index in [2.05, 4.69) is 4.98 Å². The number of unbranched alkanes of at least 4 members (excludes halogenated alkanes) is 1. The number of anilines is 1. The molecule has 0 N–H and O–H groups in total. The van der Waals surface area contributed by atoms with Gasteiger partial charge in [-0.2, -0.15) is 0 Å². The second kappa shape index (κ2) is 11.1. The maximum atomic E-state index is 12.2. The van der Waals surface area contributed by atoms with Gasteiger partial charge in [0, 0.05) is 6.54 Å². The maximum Gasteiger partial charge on any atom is 0.416 e. The summed E-state index contributed by atoms with van der Waals surface area (Å²) in [4.78, 5) is 29.8. The number of nitrogens with zero attached hydrogens (tertiary/aromatic N) is 4. The van der Waals surface area contributed by atoms with Crippen molar-refractivity contribution in [1.82, 2.24) is 9.88 Å². The second-order valence-corrected chi connectivity index (χ2v) is 6.00. The third-order valence-corrected chi connectivity index (χ3v) is 3.79. The number of aromatic nitrogens is 1. The van der Waals surface area contributed by atoms with Gasteiger partial charge in [-0.15, -0.1) is 12.4 Å². The lowest BCUT2D eigenvalue weighted by atomic mass is 10.4. The number of hydrogen-bond donors (Lipinski definition) is 0. The van der Waals surface area contributed by atoms with Gasteiger partial charge in [0.25, 0.3) is 0 Å². The molecule has 0 saturated heterocycles. The normalized spacial score (nSPS) is 10.3. The average Bonchev–Trinajstić information content (AvgIpc) is 2.93. The number of rotatable bonds is 9. The third kappa shape index (κ3) is 7.58. The molecule has 0 radical (unpaired) electrons. The Morgan fingerprint density at radius 1 is 1.39 bits per heavy atom. The Bertz CT molecular complexity index is 498. The summed E-state index contributed by atoms with van der Waals surface area (Å²) in [6.07, 6.45) is 3.10. The average molecular weight is 367 g/mol. The fourth-order valence-corrected chi connectivity index (χ4v) is 2.41. The van der Waals surface area contributed by atoms with Crippen LogP contribution in [-0.4, -0.2) is 54.7 Å². The number of carbonyl (C=O) groups excluding carboxylic acids is 1. The van der Waals surface area contributed by atoms with E-state index in [0.29, 0.717) is 18.3 Å². The highest BCUT2D eigenvalue weighted by Crippen LogP contribution is 2.28. The van der Waals surface area contributed by atoms with E-state index in [-0.39, 0.29) is 17.4 Å². The largest absolute Gasteiger partial charge is 0.449 e. The van der Waals surface area contributed by atoms with Crippen molar-refractivity contribution in [3.05, 3.63) is 16.3 Å². The number of halogens is 1. The third-order valence-electron chi connectivity index (χ3n) is 2.82. The van der Waals surface area contributed by atoms with E-state index in [1.807, 2.05) is 25.9 Å². The van der Waals surface area contributed by atoms with Gasteiger partial charge < -0.3 is 9.64 Å². The van der Waals surface area contributed by atoms with Gasteiger partial charge in [0.15, 0.2) is 0 Å². The lowest BCUT2D eigenvalue weighted by Gasteiger charge is -2.20. The van der Waals surface area contributed by atoms with E-state index in [4.69, 9.17) is 4.74 Å². The van der Waals surface area contributed by atoms with Crippen LogP contribution in [0.5, 0.6) is 0 Å². The molecule has 10 heteroatoms. The molecule has 0 spiro atoms. The van der Waals surface area contributed by atoms with Crippen LogP contribution in [-0.2, 0) is 4.74 Å². The molecule has 1 rings (SSSR count). The van der Waals surface area contributed by atoms with E-state index in [0.717, 1.165) is 43.3 Å². The minimum Gasteiger partial charge on any atom is -0.449 e. The Labute approximate surface area is 146 Å². The molecule has 1 amide bonds. The van der Waals surface area contributed by atoms with Gasteiger partial charge >= 0.3 is 11.1 Å². The zero-order valence-electron chi connectivity index (χ0n) is 13.6. The van der Waals surface area contributed by atoms with Crippen molar-refractivity contribution in [2.24, 2.45) is 0 Å². The topological polar surface area (TPSA) is 88.8 Å². The first kappa shape index (κ1) is 21.6. The summed E-state index contributed by atoms with van der Waals surface area (Å²) in [6, 6.07) is 0. The minimum absolute atomic E-state index is 0. The van der Waals surface area contributed by atoms with Gasteiger partial charge in [0.1, 0.15) is 6.20 Å². The number of ether oxygens (including phenoxy) is 1. The van der Waals surface area contributed by atoms with Crippen LogP contribution in [0.1, 0.15) is 26.2 Å². The predicted octanol–water partition coefficient (Wildman–Crippen LogP) is 3.17. The van der Waals surface area contributed by atoms with Crippen LogP contribution in [0.25, 0.3) is 0 Å². The molecule has 0 aliphatic rings. The van der Waals surface area contributed by atoms with E-state index in [1.165, 1.54) is 4.90 Å². The highest BCUT2D eigenvalue weighted by atomic mass is 35.5. The molecule has 0 atom stereocenters. The highest BCUT2D eigenvalue weighted by molar-refractivity contribution is 7.18. The molecule has 1 heterocycles. The first-order valence-corrected chi connectivity index (χ1v) is 7.96. The number of hydrogen-bond acceptors (Lipinski definition) is 7. The zero-order valence-corrected chi connectivity index (χ0v) is 15.2. The Morgan fingerprint density at radius 2 is 2.09 bits per heavy atom. The van der Waals surface area contributed by atoms with E-state index < -0.39 is 11.0 Å². The van der Waals surface area contributed by atoms with Gasteiger partial charge in [-0.1, -0.05) is 13.3 Å². The maximum absolute atomic E-state index is 12.2. The summed E-state index contributed by atoms with van der Waals surface area (Å²) in [5.74, 6) is 0. The van der Waals surface area contributed by atoms with Crippen molar-refractivity contribution in [2.75, 3.05) is 38.7 Å². The summed E-state index contributed by atoms with van der Waals surface area (Å²) in [7, 11) is 3.89. The molecular formula is C13H23ClN4O4S. The highest BCUT2D eigenvalue weighted by Gasteiger charge is 2.23. The Balaban J connectivity index is 0.00000484. The summed E-state index contributed by atoms with van der Waals surface area (Å²) >= 11 is 0.877. The Kier molecular flexibility index (Phi) is 10.4. The van der Waals surface area contributed by atoms with E-state index >= 15 is 0 Å². The molecule has 132 valence electrons. The zero-order chi connectivity index (χ0) is 16.5. The van der Waals surface area contributed by atoms with Crippen molar-refractivity contribution in [2.45, 2.75) is 26.2 Å². The monoisotopic (exact) mass is 366 g/mol. The van der Waals surface area contributed by atoms with Crippen molar-refractivity contribution < 1.29 is 14.5 Å². The van der Waals surface area contributed by atoms with Gasteiger partial charge in [-0.25, -0.2) is 9.78 Å². The summed E-state index contributed by atoms with van der Waals surface area (Å²) in [5, 5.41) is 11.0. The molecule has 1 aromatic heterocycles. The Morgan fingerprint density at radius 3 is 2.61 bits per heavy atom. The number of nitro groups is 1. The number of carbonyl (C=O) groups is 1. The van der Waals surface area contributed by atoms with Crippen LogP contribution in [0, 0.1) is 10.1 Å². The van der Waals surface area contributed by atoms with Gasteiger partial charge in [-0.3, -0.25) is 15.0 Å². The van der Waals surface area contributed by atoms with Gasteiger partial charge in [-0.05, 0) is 44.8 Å². The lowest BCUT2D eigenvalue weighted by Crippen LogP contribution is -2.34. The SMILES string of the molecule is CCCCOC(=O)N(CCCN(C)C)c1ncc([N+](=O)[O-])s1.Cl. The van der Waals surface area contributed by atoms with Crippen molar-refractivity contribution in [1.29, 1.82) is 0 Å². The van der Waals surface area contributed by atoms with Crippen molar-refractivity contribution >= 4 is 40.0 Å². The second-order valence-electron chi connectivity index (χ2n) is 5.01. The van der Waals surface area contributed by atoms with Gasteiger partial charge in [0.05, 0.1) is 11.5 Å². The molecule has 1 aromatic rings. The molecule has 23 heavy (non-hydrogen) atoms. The standard InChI is InChI=1S/C13H22N4O4S.ClH/c1-4-5-9-21-13(18)16(8-6-7-15(2)3)12-14-10-11(22-12)17(19)20;/h10H,4-9H2,1-3H3;1H. The molecule has 0 bridgehead atoms. The molecule has 0 fully saturated rings. The number of amides is 1. The molecule has 8 nitrogen and oxygen atoms in total. The molecule has 0 aliphatic carbocycles. The Hall–Kier alpha value is -1.45. The van der Waals surface area contributed by atoms with E-state index in [9.17, 15) is 14.9 Å². The summed E-state index contributed by atoms with van der Waals surface area (Å²) < 4.78 is 5.20.